The number of halogens is 1. The highest BCUT2D eigenvalue weighted by Gasteiger charge is 2.35. The van der Waals surface area contributed by atoms with Crippen LogP contribution in [0.25, 0.3) is 16.6 Å². The Labute approximate surface area is 180 Å². The van der Waals surface area contributed by atoms with Gasteiger partial charge in [0.05, 0.1) is 18.5 Å². The maximum Gasteiger partial charge on any atom is 0.132 e. The fourth-order valence-corrected chi connectivity index (χ4v) is 4.13. The molecule has 2 aromatic carbocycles. The number of rotatable bonds is 5. The van der Waals surface area contributed by atoms with E-state index in [1.807, 2.05) is 24.3 Å². The Hall–Kier alpha value is -3.26. The van der Waals surface area contributed by atoms with Crippen molar-refractivity contribution in [1.29, 1.82) is 0 Å². The van der Waals surface area contributed by atoms with Gasteiger partial charge < -0.3 is 31.3 Å². The molecular formula is C23H25FN5O2-. The van der Waals surface area contributed by atoms with Crippen LogP contribution in [0.3, 0.4) is 0 Å². The fourth-order valence-electron chi connectivity index (χ4n) is 4.13. The second kappa shape index (κ2) is 7.77. The lowest BCUT2D eigenvalue weighted by Crippen LogP contribution is -2.35. The number of ether oxygens (including phenoxy) is 1. The van der Waals surface area contributed by atoms with Crippen LogP contribution in [-0.2, 0) is 5.60 Å². The summed E-state index contributed by atoms with van der Waals surface area (Å²) in [6.45, 7) is 3.56. The van der Waals surface area contributed by atoms with Crippen molar-refractivity contribution in [2.75, 3.05) is 7.11 Å². The summed E-state index contributed by atoms with van der Waals surface area (Å²) in [6, 6.07) is 10.4. The van der Waals surface area contributed by atoms with E-state index in [0.717, 1.165) is 24.0 Å². The van der Waals surface area contributed by atoms with Crippen molar-refractivity contribution in [2.24, 2.45) is 16.6 Å². The van der Waals surface area contributed by atoms with Crippen LogP contribution in [-0.4, -0.2) is 28.0 Å². The zero-order valence-electron chi connectivity index (χ0n) is 17.7. The zero-order valence-corrected chi connectivity index (χ0v) is 17.7. The molecule has 31 heavy (non-hydrogen) atoms. The van der Waals surface area contributed by atoms with Gasteiger partial charge in [-0.3, -0.25) is 0 Å². The Morgan fingerprint density at radius 2 is 1.97 bits per heavy atom. The van der Waals surface area contributed by atoms with Crippen LogP contribution in [0.5, 0.6) is 5.75 Å². The molecule has 0 bridgehead atoms. The summed E-state index contributed by atoms with van der Waals surface area (Å²) in [6.07, 6.45) is 1.58. The molecule has 1 saturated carbocycles. The summed E-state index contributed by atoms with van der Waals surface area (Å²) in [4.78, 5) is 12.5. The van der Waals surface area contributed by atoms with E-state index in [9.17, 15) is 9.50 Å². The molecule has 4 N–H and O–H groups in total. The SMILES string of the molecule is COc1cc(F)cc2c(N=C(N)C3CC(c4ccccc4C(C)(C)O)C3)nc([NH-])nc12. The van der Waals surface area contributed by atoms with E-state index in [4.69, 9.17) is 16.2 Å². The largest absolute Gasteiger partial charge is 0.496 e. The molecule has 0 amide bonds. The predicted molar refractivity (Wildman–Crippen MR) is 118 cm³/mol. The van der Waals surface area contributed by atoms with E-state index in [0.29, 0.717) is 16.7 Å². The first kappa shape index (κ1) is 21.0. The molecule has 0 unspecified atom stereocenters. The molecule has 0 aliphatic heterocycles. The average Bonchev–Trinajstić information content (AvgIpc) is 2.66. The first-order valence-corrected chi connectivity index (χ1v) is 10.1. The number of aliphatic imine (C=N–C) groups is 1. The number of hydrogen-bond acceptors (Lipinski definition) is 5. The van der Waals surface area contributed by atoms with Gasteiger partial charge in [0.2, 0.25) is 0 Å². The smallest absolute Gasteiger partial charge is 0.132 e. The number of amidine groups is 1. The van der Waals surface area contributed by atoms with E-state index >= 15 is 0 Å². The summed E-state index contributed by atoms with van der Waals surface area (Å²) in [5.41, 5.74) is 15.6. The molecule has 0 atom stereocenters. The number of hydrogen-bond donors (Lipinski definition) is 2. The number of nitrogens with two attached hydrogens (primary N) is 1. The summed E-state index contributed by atoms with van der Waals surface area (Å²) in [7, 11) is 1.41. The minimum atomic E-state index is -0.922. The molecule has 7 nitrogen and oxygen atoms in total. The van der Waals surface area contributed by atoms with Crippen LogP contribution >= 0.6 is 0 Å². The number of nitrogens with zero attached hydrogens (tertiary/aromatic N) is 3. The number of aliphatic hydroxyl groups is 1. The van der Waals surface area contributed by atoms with E-state index in [-0.39, 0.29) is 29.4 Å². The van der Waals surface area contributed by atoms with Crippen LogP contribution in [0.15, 0.2) is 41.4 Å². The van der Waals surface area contributed by atoms with Gasteiger partial charge in [-0.15, -0.1) is 0 Å². The van der Waals surface area contributed by atoms with Crippen molar-refractivity contribution in [3.63, 3.8) is 0 Å². The van der Waals surface area contributed by atoms with Crippen LogP contribution in [0, 0.1) is 11.7 Å². The fraction of sp³-hybridized carbons (Fsp3) is 0.348. The van der Waals surface area contributed by atoms with Gasteiger partial charge in [-0.25, -0.2) is 9.38 Å². The van der Waals surface area contributed by atoms with E-state index in [2.05, 4.69) is 15.0 Å². The average molecular weight is 422 g/mol. The lowest BCUT2D eigenvalue weighted by atomic mass is 9.68. The summed E-state index contributed by atoms with van der Waals surface area (Å²) >= 11 is 0. The Balaban J connectivity index is 1.62. The maximum atomic E-state index is 14.0. The number of nitrogens with one attached hydrogen (secondary N) is 1. The highest BCUT2D eigenvalue weighted by Crippen LogP contribution is 2.45. The second-order valence-corrected chi connectivity index (χ2v) is 8.42. The van der Waals surface area contributed by atoms with Gasteiger partial charge >= 0.3 is 0 Å². The third-order valence-corrected chi connectivity index (χ3v) is 5.78. The molecule has 1 fully saturated rings. The highest BCUT2D eigenvalue weighted by atomic mass is 19.1. The molecular weight excluding hydrogens is 397 g/mol. The van der Waals surface area contributed by atoms with Gasteiger partial charge in [-0.05, 0) is 49.8 Å². The van der Waals surface area contributed by atoms with Crippen LogP contribution < -0.4 is 10.5 Å². The van der Waals surface area contributed by atoms with Gasteiger partial charge in [0, 0.05) is 28.8 Å². The molecule has 8 heteroatoms. The lowest BCUT2D eigenvalue weighted by Gasteiger charge is -2.38. The van der Waals surface area contributed by atoms with Gasteiger partial charge in [0.15, 0.2) is 0 Å². The van der Waals surface area contributed by atoms with Crippen molar-refractivity contribution in [3.05, 3.63) is 59.1 Å². The Bertz CT molecular complexity index is 1170. The minimum Gasteiger partial charge on any atom is -0.496 e. The van der Waals surface area contributed by atoms with E-state index in [1.54, 1.807) is 13.8 Å². The summed E-state index contributed by atoms with van der Waals surface area (Å²) < 4.78 is 19.2. The Morgan fingerprint density at radius 3 is 2.65 bits per heavy atom. The quantitative estimate of drug-likeness (QED) is 0.449. The maximum absolute atomic E-state index is 14.0. The van der Waals surface area contributed by atoms with Crippen LogP contribution in [0.2, 0.25) is 0 Å². The monoisotopic (exact) mass is 422 g/mol. The first-order valence-electron chi connectivity index (χ1n) is 10.1. The zero-order chi connectivity index (χ0) is 22.3. The van der Waals surface area contributed by atoms with E-state index < -0.39 is 11.4 Å². The third-order valence-electron chi connectivity index (χ3n) is 5.78. The summed E-state index contributed by atoms with van der Waals surface area (Å²) in [5, 5.41) is 10.8. The second-order valence-electron chi connectivity index (χ2n) is 8.42. The third kappa shape index (κ3) is 4.03. The molecule has 1 aromatic heterocycles. The molecule has 4 rings (SSSR count). The van der Waals surface area contributed by atoms with Crippen molar-refractivity contribution in [3.8, 4) is 5.75 Å². The minimum absolute atomic E-state index is 0.0366. The molecule has 1 heterocycles. The Kier molecular flexibility index (Phi) is 5.26. The molecule has 1 aliphatic carbocycles. The van der Waals surface area contributed by atoms with Crippen molar-refractivity contribution < 1.29 is 14.2 Å². The van der Waals surface area contributed by atoms with Crippen LogP contribution in [0.4, 0.5) is 16.2 Å². The van der Waals surface area contributed by atoms with Crippen molar-refractivity contribution in [1.82, 2.24) is 9.97 Å². The summed E-state index contributed by atoms with van der Waals surface area (Å²) in [5.74, 6) is 0.322. The highest BCUT2D eigenvalue weighted by molar-refractivity contribution is 5.96. The first-order chi connectivity index (χ1) is 14.7. The number of fused-ring (bicyclic) bond motifs is 1. The molecule has 0 radical (unpaired) electrons. The van der Waals surface area contributed by atoms with Gasteiger partial charge in [-0.2, -0.15) is 0 Å². The van der Waals surface area contributed by atoms with Gasteiger partial charge in [-0.1, -0.05) is 24.3 Å². The van der Waals surface area contributed by atoms with Crippen molar-refractivity contribution in [2.45, 2.75) is 38.2 Å². The topological polar surface area (TPSA) is 117 Å². The molecule has 162 valence electrons. The van der Waals surface area contributed by atoms with E-state index in [1.165, 1.54) is 19.2 Å². The van der Waals surface area contributed by atoms with Crippen LogP contribution in [0.1, 0.15) is 43.7 Å². The molecule has 0 spiro atoms. The molecule has 0 saturated heterocycles. The molecule has 3 aromatic rings. The number of methoxy groups -OCH3 is 1. The number of aromatic nitrogens is 2. The van der Waals surface area contributed by atoms with Crippen molar-refractivity contribution >= 4 is 28.5 Å². The number of benzene rings is 2. The standard InChI is InChI=1S/C23H25FN5O2/c1-23(2,30)17-7-5-4-6-15(17)12-8-13(9-12)20(25)28-21-16-10-14(24)11-18(31-3)19(16)27-22(26)29-21/h4-7,10-13,30H,8-9H2,1-3H3,(H3-,25,26,27,28,29)/q-1. The lowest BCUT2D eigenvalue weighted by molar-refractivity contribution is 0.0763. The van der Waals surface area contributed by atoms with Gasteiger partial charge in [0.25, 0.3) is 0 Å². The normalized spacial score (nSPS) is 19.3. The Morgan fingerprint density at radius 1 is 1.26 bits per heavy atom. The molecule has 1 aliphatic rings. The predicted octanol–water partition coefficient (Wildman–Crippen LogP) is 4.87. The van der Waals surface area contributed by atoms with Gasteiger partial charge in [0.1, 0.15) is 17.4 Å².